The van der Waals surface area contributed by atoms with Crippen LogP contribution in [0.25, 0.3) is 0 Å². The number of guanidine groups is 1. The predicted octanol–water partition coefficient (Wildman–Crippen LogP) is 4.55. The normalized spacial score (nSPS) is 21.7. The van der Waals surface area contributed by atoms with Crippen LogP contribution in [0.4, 0.5) is 0 Å². The molecule has 2 fully saturated rings. The molecule has 0 bridgehead atoms. The molecule has 6 heteroatoms. The van der Waals surface area contributed by atoms with Crippen molar-refractivity contribution in [2.75, 3.05) is 46.5 Å². The number of hydrogen-bond acceptors (Lipinski definition) is 3. The molecule has 1 aliphatic heterocycles. The minimum absolute atomic E-state index is 0. The van der Waals surface area contributed by atoms with Crippen molar-refractivity contribution in [3.8, 4) is 0 Å². The van der Waals surface area contributed by atoms with Crippen molar-refractivity contribution in [2.45, 2.75) is 52.1 Å². The van der Waals surface area contributed by atoms with Crippen molar-refractivity contribution in [2.24, 2.45) is 10.4 Å². The van der Waals surface area contributed by atoms with Crippen LogP contribution in [0.5, 0.6) is 0 Å². The van der Waals surface area contributed by atoms with E-state index in [0.717, 1.165) is 51.8 Å². The second kappa shape index (κ2) is 12.1. The third kappa shape index (κ3) is 6.56. The summed E-state index contributed by atoms with van der Waals surface area (Å²) in [7, 11) is 1.89. The Labute approximate surface area is 193 Å². The number of benzene rings is 1. The lowest BCUT2D eigenvalue weighted by atomic mass is 9.83. The molecule has 1 unspecified atom stereocenters. The summed E-state index contributed by atoms with van der Waals surface area (Å²) in [5, 5.41) is 3.70. The van der Waals surface area contributed by atoms with Crippen molar-refractivity contribution in [3.05, 3.63) is 35.4 Å². The van der Waals surface area contributed by atoms with Crippen LogP contribution in [0, 0.1) is 12.3 Å². The summed E-state index contributed by atoms with van der Waals surface area (Å²) in [5.74, 6) is 1.00. The standard InChI is InChI=1S/C23H37N3O2.HI/c1-4-27-15-13-23(11-7-8-12-23)18-25-22(24-3)26-14-16-28-21(17-26)20-10-6-5-9-19(20)2;/h5-6,9-10,21H,4,7-8,11-18H2,1-3H3,(H,24,25);1H. The van der Waals surface area contributed by atoms with Crippen LogP contribution in [-0.2, 0) is 9.47 Å². The smallest absolute Gasteiger partial charge is 0.193 e. The molecule has 1 aromatic carbocycles. The van der Waals surface area contributed by atoms with E-state index in [1.165, 1.54) is 36.8 Å². The maximum atomic E-state index is 6.09. The molecule has 1 atom stereocenters. The van der Waals surface area contributed by atoms with E-state index in [1.54, 1.807) is 0 Å². The Hall–Kier alpha value is -0.860. The number of halogens is 1. The number of aryl methyl sites for hydroxylation is 1. The average Bonchev–Trinajstić information content (AvgIpc) is 3.18. The SMILES string of the molecule is CCOCCC1(CNC(=NC)N2CCOC(c3ccccc3C)C2)CCCC1.I. The molecule has 1 aromatic rings. The number of morpholine rings is 1. The molecule has 1 N–H and O–H groups in total. The Morgan fingerprint density at radius 2 is 2.07 bits per heavy atom. The minimum Gasteiger partial charge on any atom is -0.382 e. The minimum atomic E-state index is 0. The second-order valence-electron chi connectivity index (χ2n) is 8.22. The van der Waals surface area contributed by atoms with Gasteiger partial charge in [0.2, 0.25) is 0 Å². The summed E-state index contributed by atoms with van der Waals surface area (Å²) in [6.07, 6.45) is 6.49. The fourth-order valence-corrected chi connectivity index (χ4v) is 4.65. The number of aliphatic imine (C=N–C) groups is 1. The van der Waals surface area contributed by atoms with Gasteiger partial charge >= 0.3 is 0 Å². The lowest BCUT2D eigenvalue weighted by molar-refractivity contribution is -0.00856. The first kappa shape index (κ1) is 24.4. The van der Waals surface area contributed by atoms with Gasteiger partial charge < -0.3 is 19.7 Å². The molecular formula is C23H38IN3O2. The van der Waals surface area contributed by atoms with E-state index >= 15 is 0 Å². The van der Waals surface area contributed by atoms with E-state index in [4.69, 9.17) is 9.47 Å². The maximum Gasteiger partial charge on any atom is 0.193 e. The van der Waals surface area contributed by atoms with Gasteiger partial charge in [-0.25, -0.2) is 0 Å². The van der Waals surface area contributed by atoms with Crippen LogP contribution in [-0.4, -0.2) is 57.4 Å². The zero-order chi connectivity index (χ0) is 19.8. The molecule has 164 valence electrons. The molecule has 0 aromatic heterocycles. The molecule has 1 heterocycles. The molecular weight excluding hydrogens is 477 g/mol. The van der Waals surface area contributed by atoms with Crippen molar-refractivity contribution in [1.82, 2.24) is 10.2 Å². The number of nitrogens with zero attached hydrogens (tertiary/aromatic N) is 2. The third-order valence-electron chi connectivity index (χ3n) is 6.38. The van der Waals surface area contributed by atoms with Gasteiger partial charge in [-0.15, -0.1) is 24.0 Å². The quantitative estimate of drug-likeness (QED) is 0.251. The lowest BCUT2D eigenvalue weighted by Crippen LogP contribution is -2.50. The second-order valence-corrected chi connectivity index (χ2v) is 8.22. The van der Waals surface area contributed by atoms with Crippen LogP contribution in [0.2, 0.25) is 0 Å². The number of rotatable bonds is 7. The van der Waals surface area contributed by atoms with E-state index in [2.05, 4.69) is 53.3 Å². The van der Waals surface area contributed by atoms with Crippen molar-refractivity contribution >= 4 is 29.9 Å². The highest BCUT2D eigenvalue weighted by Crippen LogP contribution is 2.40. The number of nitrogens with one attached hydrogen (secondary N) is 1. The van der Waals surface area contributed by atoms with Crippen LogP contribution in [0.3, 0.4) is 0 Å². The summed E-state index contributed by atoms with van der Waals surface area (Å²) in [5.41, 5.74) is 2.93. The van der Waals surface area contributed by atoms with E-state index in [-0.39, 0.29) is 30.1 Å². The number of hydrogen-bond donors (Lipinski definition) is 1. The fourth-order valence-electron chi connectivity index (χ4n) is 4.65. The highest BCUT2D eigenvalue weighted by atomic mass is 127. The zero-order valence-corrected chi connectivity index (χ0v) is 20.6. The Bertz CT molecular complexity index is 647. The topological polar surface area (TPSA) is 46.1 Å². The first-order valence-electron chi connectivity index (χ1n) is 10.9. The summed E-state index contributed by atoms with van der Waals surface area (Å²) in [6, 6.07) is 8.52. The zero-order valence-electron chi connectivity index (χ0n) is 18.3. The fraction of sp³-hybridized carbons (Fsp3) is 0.696. The van der Waals surface area contributed by atoms with Gasteiger partial charge in [0.15, 0.2) is 5.96 Å². The van der Waals surface area contributed by atoms with Gasteiger partial charge in [-0.3, -0.25) is 4.99 Å². The molecule has 0 radical (unpaired) electrons. The first-order valence-corrected chi connectivity index (χ1v) is 10.9. The van der Waals surface area contributed by atoms with E-state index in [1.807, 2.05) is 7.05 Å². The highest BCUT2D eigenvalue weighted by Gasteiger charge is 2.34. The Kier molecular flexibility index (Phi) is 10.2. The van der Waals surface area contributed by atoms with Crippen LogP contribution in [0.1, 0.15) is 56.3 Å². The molecule has 3 rings (SSSR count). The summed E-state index contributed by atoms with van der Waals surface area (Å²) in [6.45, 7) is 9.35. The Morgan fingerprint density at radius 3 is 2.76 bits per heavy atom. The summed E-state index contributed by atoms with van der Waals surface area (Å²) < 4.78 is 11.8. The van der Waals surface area contributed by atoms with Gasteiger partial charge in [-0.1, -0.05) is 37.1 Å². The summed E-state index contributed by atoms with van der Waals surface area (Å²) in [4.78, 5) is 6.95. The van der Waals surface area contributed by atoms with Crippen LogP contribution >= 0.6 is 24.0 Å². The monoisotopic (exact) mass is 515 g/mol. The van der Waals surface area contributed by atoms with E-state index < -0.39 is 0 Å². The van der Waals surface area contributed by atoms with Crippen molar-refractivity contribution in [1.29, 1.82) is 0 Å². The van der Waals surface area contributed by atoms with Crippen LogP contribution < -0.4 is 5.32 Å². The number of ether oxygens (including phenoxy) is 2. The van der Waals surface area contributed by atoms with E-state index in [0.29, 0.717) is 5.41 Å². The maximum absolute atomic E-state index is 6.09. The third-order valence-corrected chi connectivity index (χ3v) is 6.38. The molecule has 29 heavy (non-hydrogen) atoms. The van der Waals surface area contributed by atoms with Gasteiger partial charge in [-0.05, 0) is 49.7 Å². The van der Waals surface area contributed by atoms with Crippen molar-refractivity contribution < 1.29 is 9.47 Å². The molecule has 1 saturated heterocycles. The van der Waals surface area contributed by atoms with Gasteiger partial charge in [0.05, 0.1) is 13.2 Å². The van der Waals surface area contributed by atoms with E-state index in [9.17, 15) is 0 Å². The van der Waals surface area contributed by atoms with Crippen molar-refractivity contribution in [3.63, 3.8) is 0 Å². The molecule has 0 amide bonds. The van der Waals surface area contributed by atoms with Gasteiger partial charge in [0.1, 0.15) is 6.10 Å². The Morgan fingerprint density at radius 1 is 1.31 bits per heavy atom. The molecule has 0 spiro atoms. The molecule has 1 saturated carbocycles. The first-order chi connectivity index (χ1) is 13.7. The molecule has 5 nitrogen and oxygen atoms in total. The van der Waals surface area contributed by atoms with Gasteiger partial charge in [0, 0.05) is 33.4 Å². The largest absolute Gasteiger partial charge is 0.382 e. The lowest BCUT2D eigenvalue weighted by Gasteiger charge is -2.37. The molecule has 1 aliphatic carbocycles. The van der Waals surface area contributed by atoms with Crippen LogP contribution in [0.15, 0.2) is 29.3 Å². The average molecular weight is 515 g/mol. The van der Waals surface area contributed by atoms with Gasteiger partial charge in [-0.2, -0.15) is 0 Å². The van der Waals surface area contributed by atoms with Gasteiger partial charge in [0.25, 0.3) is 0 Å². The Balaban J connectivity index is 0.00000300. The predicted molar refractivity (Wildman–Crippen MR) is 130 cm³/mol. The molecule has 2 aliphatic rings. The highest BCUT2D eigenvalue weighted by molar-refractivity contribution is 14.0. The summed E-state index contributed by atoms with van der Waals surface area (Å²) >= 11 is 0.